The number of aryl methyl sites for hydroxylation is 1. The first-order valence-electron chi connectivity index (χ1n) is 15.3. The van der Waals surface area contributed by atoms with Gasteiger partial charge in [-0.25, -0.2) is 4.79 Å². The fourth-order valence-corrected chi connectivity index (χ4v) is 6.65. The third-order valence-electron chi connectivity index (χ3n) is 7.89. The lowest BCUT2D eigenvalue weighted by Crippen LogP contribution is -2.19. The van der Waals surface area contributed by atoms with E-state index in [2.05, 4.69) is 31.1 Å². The summed E-state index contributed by atoms with van der Waals surface area (Å²) in [6, 6.07) is 23.1. The number of rotatable bonds is 9. The number of benzene rings is 6. The molecule has 0 radical (unpaired) electrons. The molecule has 0 saturated carbocycles. The van der Waals surface area contributed by atoms with Crippen LogP contribution in [0.3, 0.4) is 0 Å². The third-order valence-corrected chi connectivity index (χ3v) is 9.62. The number of hydrogen-bond donors (Lipinski definition) is 6. The van der Waals surface area contributed by atoms with E-state index >= 15 is 0 Å². The molecule has 16 nitrogen and oxygen atoms in total. The lowest BCUT2D eigenvalue weighted by atomic mass is 10.1. The summed E-state index contributed by atoms with van der Waals surface area (Å²) in [5, 5.41) is 43.5. The van der Waals surface area contributed by atoms with Crippen molar-refractivity contribution in [3.63, 3.8) is 0 Å². The number of nitrogens with one attached hydrogen (secondary N) is 2. The molecule has 0 bridgehead atoms. The second-order valence-electron chi connectivity index (χ2n) is 11.4. The van der Waals surface area contributed by atoms with Crippen molar-refractivity contribution in [3.8, 4) is 17.2 Å². The number of carbonyl (C=O) groups excluding carboxylic acids is 1. The van der Waals surface area contributed by atoms with Gasteiger partial charge in [0.1, 0.15) is 32.6 Å². The van der Waals surface area contributed by atoms with Gasteiger partial charge in [-0.05, 0) is 90.0 Å². The predicted octanol–water partition coefficient (Wildman–Crippen LogP) is 8.69. The highest BCUT2D eigenvalue weighted by atomic mass is 32.2. The van der Waals surface area contributed by atoms with Crippen molar-refractivity contribution in [2.24, 2.45) is 20.5 Å². The number of hydrogen-bond acceptors (Lipinski definition) is 12. The average molecular weight is 757 g/mol. The van der Waals surface area contributed by atoms with Gasteiger partial charge in [0.2, 0.25) is 0 Å². The highest BCUT2D eigenvalue weighted by Crippen LogP contribution is 2.44. The van der Waals surface area contributed by atoms with Crippen molar-refractivity contribution in [2.75, 3.05) is 17.7 Å². The number of para-hydroxylation sites is 1. The van der Waals surface area contributed by atoms with Gasteiger partial charge in [0.25, 0.3) is 20.2 Å². The lowest BCUT2D eigenvalue weighted by molar-refractivity contribution is 0.262. The first-order valence-corrected chi connectivity index (χ1v) is 18.2. The van der Waals surface area contributed by atoms with E-state index in [1.807, 2.05) is 0 Å². The average Bonchev–Trinajstić information content (AvgIpc) is 3.10. The van der Waals surface area contributed by atoms with Crippen molar-refractivity contribution in [2.45, 2.75) is 16.7 Å². The van der Waals surface area contributed by atoms with E-state index in [9.17, 15) is 40.9 Å². The van der Waals surface area contributed by atoms with E-state index in [1.165, 1.54) is 43.5 Å². The molecule has 0 aliphatic heterocycles. The van der Waals surface area contributed by atoms with Gasteiger partial charge in [-0.1, -0.05) is 30.3 Å². The second kappa shape index (κ2) is 14.3. The molecular formula is C35H28N6O10S2. The first kappa shape index (κ1) is 36.3. The Labute approximate surface area is 301 Å². The van der Waals surface area contributed by atoms with Gasteiger partial charge in [-0.2, -0.15) is 21.9 Å². The lowest BCUT2D eigenvalue weighted by Gasteiger charge is -2.13. The van der Waals surface area contributed by atoms with Crippen LogP contribution in [0.25, 0.3) is 21.5 Å². The SMILES string of the molecule is COc1ccccc1N=Nc1c(S(=O)(=O)O)cc2cc(NC(=O)Nc3ccc4c(O)c(N=Nc5ccccc5C)c(S(=O)(=O)O)cc4c3)ccc2c1O. The van der Waals surface area contributed by atoms with Gasteiger partial charge in [-0.15, -0.1) is 15.3 Å². The minimum absolute atomic E-state index is 0.110. The zero-order valence-electron chi connectivity index (χ0n) is 27.6. The van der Waals surface area contributed by atoms with Crippen LogP contribution in [0.15, 0.2) is 127 Å². The molecule has 0 aliphatic rings. The number of ether oxygens (including phenoxy) is 1. The zero-order chi connectivity index (χ0) is 38.1. The molecule has 6 aromatic rings. The molecule has 0 aliphatic carbocycles. The van der Waals surface area contributed by atoms with E-state index in [1.54, 1.807) is 55.5 Å². The molecule has 0 spiro atoms. The molecule has 0 atom stereocenters. The summed E-state index contributed by atoms with van der Waals surface area (Å²) in [5.74, 6) is -0.848. The minimum atomic E-state index is -4.93. The molecule has 53 heavy (non-hydrogen) atoms. The van der Waals surface area contributed by atoms with E-state index in [4.69, 9.17) is 4.74 Å². The molecule has 0 aromatic heterocycles. The van der Waals surface area contributed by atoms with Crippen LogP contribution in [-0.4, -0.2) is 49.3 Å². The Kier molecular flexibility index (Phi) is 9.78. The number of aromatic hydroxyl groups is 2. The normalized spacial score (nSPS) is 12.2. The topological polar surface area (TPSA) is 249 Å². The molecule has 6 aromatic carbocycles. The summed E-state index contributed by atoms with van der Waals surface area (Å²) < 4.78 is 74.4. The molecule has 0 fully saturated rings. The van der Waals surface area contributed by atoms with Crippen molar-refractivity contribution in [3.05, 3.63) is 103 Å². The highest BCUT2D eigenvalue weighted by Gasteiger charge is 2.24. The summed E-state index contributed by atoms with van der Waals surface area (Å²) in [5.41, 5.74) is 0.683. The smallest absolute Gasteiger partial charge is 0.323 e. The number of fused-ring (bicyclic) bond motifs is 2. The number of methoxy groups -OCH3 is 1. The van der Waals surface area contributed by atoms with Crippen molar-refractivity contribution in [1.29, 1.82) is 0 Å². The summed E-state index contributed by atoms with van der Waals surface area (Å²) in [7, 11) is -8.41. The first-order chi connectivity index (χ1) is 25.1. The minimum Gasteiger partial charge on any atom is -0.505 e. The number of phenolic OH excluding ortho intramolecular Hbond substituents is 2. The van der Waals surface area contributed by atoms with E-state index in [-0.39, 0.29) is 38.6 Å². The molecule has 0 unspecified atom stereocenters. The number of phenols is 2. The monoisotopic (exact) mass is 756 g/mol. The molecule has 6 rings (SSSR count). The predicted molar refractivity (Wildman–Crippen MR) is 196 cm³/mol. The van der Waals surface area contributed by atoms with Crippen LogP contribution >= 0.6 is 0 Å². The maximum atomic E-state index is 13.0. The van der Waals surface area contributed by atoms with Crippen molar-refractivity contribution >= 4 is 81.9 Å². The van der Waals surface area contributed by atoms with Gasteiger partial charge in [-0.3, -0.25) is 9.11 Å². The van der Waals surface area contributed by atoms with Gasteiger partial charge in [0.05, 0.1) is 12.8 Å². The number of carbonyl (C=O) groups is 1. The van der Waals surface area contributed by atoms with Crippen LogP contribution in [0, 0.1) is 6.92 Å². The Balaban J connectivity index is 1.28. The Bertz CT molecular complexity index is 2740. The van der Waals surface area contributed by atoms with E-state index in [0.29, 0.717) is 11.4 Å². The number of anilines is 2. The Morgan fingerprint density at radius 2 is 1.08 bits per heavy atom. The Morgan fingerprint density at radius 3 is 1.55 bits per heavy atom. The van der Waals surface area contributed by atoms with Crippen LogP contribution < -0.4 is 15.4 Å². The quantitative estimate of drug-likeness (QED) is 0.0604. The molecule has 18 heteroatoms. The fraction of sp³-hybridized carbons (Fsp3) is 0.0571. The molecule has 0 saturated heterocycles. The molecular weight excluding hydrogens is 729 g/mol. The maximum absolute atomic E-state index is 13.0. The van der Waals surface area contributed by atoms with Crippen LogP contribution in [0.1, 0.15) is 5.56 Å². The standard InChI is InChI=1S/C35H28N6O10S2/c1-19-7-3-4-8-26(19)38-40-31-29(52(45,46)47)17-20-15-22(11-13-24(20)33(31)42)36-35(44)37-23-12-14-25-21(16-23)18-30(53(48,49)50)32(34(25)43)41-39-27-9-5-6-10-28(27)51-2/h3-18,42-43H,1-2H3,(H2,36,37,44)(H,45,46,47)(H,48,49,50). The maximum Gasteiger partial charge on any atom is 0.323 e. The Hall–Kier alpha value is -6.47. The van der Waals surface area contributed by atoms with Crippen LogP contribution in [-0.2, 0) is 20.2 Å². The van der Waals surface area contributed by atoms with E-state index < -0.39 is 58.9 Å². The van der Waals surface area contributed by atoms with Crippen molar-refractivity contribution in [1.82, 2.24) is 0 Å². The number of nitrogens with zero attached hydrogens (tertiary/aromatic N) is 4. The molecule has 2 amide bonds. The fourth-order valence-electron chi connectivity index (χ4n) is 5.33. The molecule has 0 heterocycles. The summed E-state index contributed by atoms with van der Waals surface area (Å²) in [6.07, 6.45) is 0. The van der Waals surface area contributed by atoms with Crippen molar-refractivity contribution < 1.29 is 45.7 Å². The largest absolute Gasteiger partial charge is 0.505 e. The number of azo groups is 2. The van der Waals surface area contributed by atoms with Gasteiger partial charge < -0.3 is 25.6 Å². The molecule has 270 valence electrons. The third kappa shape index (κ3) is 7.75. The summed E-state index contributed by atoms with van der Waals surface area (Å²) in [4.78, 5) is 11.6. The van der Waals surface area contributed by atoms with E-state index in [0.717, 1.165) is 17.7 Å². The number of amides is 2. The van der Waals surface area contributed by atoms with Crippen LogP contribution in [0.4, 0.5) is 38.9 Å². The molecule has 6 N–H and O–H groups in total. The van der Waals surface area contributed by atoms with Crippen LogP contribution in [0.5, 0.6) is 17.2 Å². The van der Waals surface area contributed by atoms with Crippen LogP contribution in [0.2, 0.25) is 0 Å². The Morgan fingerprint density at radius 1 is 0.623 bits per heavy atom. The highest BCUT2D eigenvalue weighted by molar-refractivity contribution is 7.86. The number of urea groups is 1. The van der Waals surface area contributed by atoms with Gasteiger partial charge in [0, 0.05) is 22.1 Å². The van der Waals surface area contributed by atoms with Gasteiger partial charge in [0.15, 0.2) is 11.5 Å². The second-order valence-corrected chi connectivity index (χ2v) is 14.2. The van der Waals surface area contributed by atoms with Gasteiger partial charge >= 0.3 is 6.03 Å². The zero-order valence-corrected chi connectivity index (χ0v) is 29.2. The summed E-state index contributed by atoms with van der Waals surface area (Å²) >= 11 is 0. The summed E-state index contributed by atoms with van der Waals surface area (Å²) in [6.45, 7) is 1.77.